The second-order valence-corrected chi connectivity index (χ2v) is 5.55. The van der Waals surface area contributed by atoms with Crippen LogP contribution in [0.1, 0.15) is 23.6 Å². The normalized spacial score (nSPS) is 11.7. The van der Waals surface area contributed by atoms with Gasteiger partial charge >= 0.3 is 18.2 Å². The lowest BCUT2D eigenvalue weighted by molar-refractivity contribution is -0.138. The lowest BCUT2D eigenvalue weighted by atomic mass is 10.0. The smallest absolute Gasteiger partial charge is 0.417 e. The molecule has 1 aromatic carbocycles. The van der Waals surface area contributed by atoms with Crippen molar-refractivity contribution in [1.29, 1.82) is 0 Å². The number of halogens is 3. The molecule has 2 heterocycles. The van der Waals surface area contributed by atoms with Crippen LogP contribution in [0.5, 0.6) is 0 Å². The number of aliphatic carboxylic acids is 1. The van der Waals surface area contributed by atoms with Gasteiger partial charge in [0.15, 0.2) is 0 Å². The van der Waals surface area contributed by atoms with Crippen molar-refractivity contribution in [3.05, 3.63) is 53.8 Å². The molecule has 1 N–H and O–H groups in total. The number of rotatable bonds is 5. The van der Waals surface area contributed by atoms with Gasteiger partial charge in [0.25, 0.3) is 0 Å². The van der Waals surface area contributed by atoms with Gasteiger partial charge < -0.3 is 9.52 Å². The molecule has 0 aliphatic carbocycles. The summed E-state index contributed by atoms with van der Waals surface area (Å²) in [5, 5.41) is 8.90. The molecule has 0 bridgehead atoms. The minimum atomic E-state index is -4.58. The first kappa shape index (κ1) is 17.7. The summed E-state index contributed by atoms with van der Waals surface area (Å²) < 4.78 is 47.1. The number of oxazole rings is 1. The van der Waals surface area contributed by atoms with Crippen molar-refractivity contribution in [3.63, 3.8) is 0 Å². The highest BCUT2D eigenvalue weighted by Crippen LogP contribution is 2.38. The minimum absolute atomic E-state index is 0.0257. The number of nitrogens with zero attached hydrogens (tertiary/aromatic N) is 3. The fourth-order valence-corrected chi connectivity index (χ4v) is 2.56. The van der Waals surface area contributed by atoms with Gasteiger partial charge in [-0.2, -0.15) is 18.2 Å². The monoisotopic (exact) mass is 365 g/mol. The first-order valence-corrected chi connectivity index (χ1v) is 7.66. The number of carboxylic acid groups (broad SMARTS) is 1. The van der Waals surface area contributed by atoms with Gasteiger partial charge in [-0.3, -0.25) is 9.36 Å². The van der Waals surface area contributed by atoms with E-state index in [0.29, 0.717) is 5.82 Å². The molecule has 0 spiro atoms. The summed E-state index contributed by atoms with van der Waals surface area (Å²) in [6, 6.07) is 5.02. The predicted molar refractivity (Wildman–Crippen MR) is 84.8 cm³/mol. The third kappa shape index (κ3) is 3.46. The summed E-state index contributed by atoms with van der Waals surface area (Å²) in [7, 11) is 0. The Bertz CT molecular complexity index is 944. The van der Waals surface area contributed by atoms with E-state index in [1.807, 2.05) is 0 Å². The maximum Gasteiger partial charge on any atom is 0.417 e. The van der Waals surface area contributed by atoms with E-state index >= 15 is 0 Å². The Hall–Kier alpha value is -3.10. The molecule has 26 heavy (non-hydrogen) atoms. The van der Waals surface area contributed by atoms with Gasteiger partial charge in [0, 0.05) is 24.4 Å². The fraction of sp³-hybridized carbons (Fsp3) is 0.235. The number of imidazole rings is 1. The van der Waals surface area contributed by atoms with Gasteiger partial charge in [0.2, 0.25) is 0 Å². The number of alkyl halides is 3. The first-order chi connectivity index (χ1) is 12.3. The number of aryl methyl sites for hydroxylation is 2. The second kappa shape index (κ2) is 6.66. The average molecular weight is 365 g/mol. The molecule has 0 atom stereocenters. The van der Waals surface area contributed by atoms with E-state index < -0.39 is 17.7 Å². The summed E-state index contributed by atoms with van der Waals surface area (Å²) in [4.78, 5) is 19.1. The maximum absolute atomic E-state index is 13.4. The van der Waals surface area contributed by atoms with Crippen LogP contribution >= 0.6 is 0 Å². The fourth-order valence-electron chi connectivity index (χ4n) is 2.56. The van der Waals surface area contributed by atoms with Crippen molar-refractivity contribution in [2.45, 2.75) is 25.9 Å². The number of hydrogen-bond acceptors (Lipinski definition) is 4. The molecule has 0 unspecified atom stereocenters. The van der Waals surface area contributed by atoms with Crippen molar-refractivity contribution >= 4 is 5.97 Å². The van der Waals surface area contributed by atoms with Gasteiger partial charge in [-0.1, -0.05) is 18.2 Å². The molecule has 0 aliphatic heterocycles. The van der Waals surface area contributed by atoms with Crippen LogP contribution in [-0.2, 0) is 17.4 Å². The molecule has 0 fully saturated rings. The largest absolute Gasteiger partial charge is 0.481 e. The Morgan fingerprint density at radius 1 is 1.31 bits per heavy atom. The van der Waals surface area contributed by atoms with E-state index in [0.717, 1.165) is 6.07 Å². The Morgan fingerprint density at radius 2 is 2.04 bits per heavy atom. The summed E-state index contributed by atoms with van der Waals surface area (Å²) >= 11 is 0. The van der Waals surface area contributed by atoms with Crippen molar-refractivity contribution in [2.75, 3.05) is 0 Å². The van der Waals surface area contributed by atoms with Crippen LogP contribution in [0.3, 0.4) is 0 Å². The maximum atomic E-state index is 13.4. The van der Waals surface area contributed by atoms with Gasteiger partial charge in [-0.05, 0) is 13.0 Å². The quantitative estimate of drug-likeness (QED) is 0.742. The van der Waals surface area contributed by atoms with E-state index in [-0.39, 0.29) is 35.9 Å². The third-order valence-corrected chi connectivity index (χ3v) is 3.77. The summed E-state index contributed by atoms with van der Waals surface area (Å²) in [5.41, 5.74) is -1.05. The van der Waals surface area contributed by atoms with E-state index in [1.165, 1.54) is 29.0 Å². The highest BCUT2D eigenvalue weighted by atomic mass is 19.4. The number of aromatic nitrogens is 3. The number of hydrogen-bond donors (Lipinski definition) is 1. The molecular weight excluding hydrogens is 351 g/mol. The zero-order valence-electron chi connectivity index (χ0n) is 13.6. The van der Waals surface area contributed by atoms with Crippen LogP contribution in [0.15, 0.2) is 41.1 Å². The van der Waals surface area contributed by atoms with E-state index in [1.54, 1.807) is 13.1 Å². The van der Waals surface area contributed by atoms with Gasteiger partial charge in [0.05, 0.1) is 12.0 Å². The Labute approximate surface area is 145 Å². The molecule has 0 aliphatic rings. The Morgan fingerprint density at radius 3 is 2.65 bits per heavy atom. The van der Waals surface area contributed by atoms with Crippen molar-refractivity contribution in [1.82, 2.24) is 14.5 Å². The summed E-state index contributed by atoms with van der Waals surface area (Å²) in [6.07, 6.45) is -1.90. The predicted octanol–water partition coefficient (Wildman–Crippen LogP) is 3.87. The Kier molecular flexibility index (Phi) is 4.54. The van der Waals surface area contributed by atoms with Crippen molar-refractivity contribution < 1.29 is 27.5 Å². The Balaban J connectivity index is 2.15. The van der Waals surface area contributed by atoms with Crippen LogP contribution in [-0.4, -0.2) is 25.6 Å². The number of carbonyl (C=O) groups is 1. The van der Waals surface area contributed by atoms with Gasteiger partial charge in [-0.25, -0.2) is 4.98 Å². The van der Waals surface area contributed by atoms with Crippen molar-refractivity contribution in [2.24, 2.45) is 0 Å². The van der Waals surface area contributed by atoms with E-state index in [2.05, 4.69) is 9.97 Å². The number of carboxylic acids is 1. The van der Waals surface area contributed by atoms with E-state index in [4.69, 9.17) is 9.52 Å². The zero-order valence-corrected chi connectivity index (χ0v) is 13.6. The molecule has 0 saturated heterocycles. The first-order valence-electron chi connectivity index (χ1n) is 7.66. The second-order valence-electron chi connectivity index (χ2n) is 5.55. The van der Waals surface area contributed by atoms with Gasteiger partial charge in [0.1, 0.15) is 17.3 Å². The molecule has 136 valence electrons. The van der Waals surface area contributed by atoms with Crippen LogP contribution in [0.25, 0.3) is 17.3 Å². The SMILES string of the molecule is Cc1nccn1-c1nc(-c2ccccc2C(F)(F)F)c(CCC(=O)O)o1. The van der Waals surface area contributed by atoms with Crippen LogP contribution in [0, 0.1) is 6.92 Å². The van der Waals surface area contributed by atoms with E-state index in [9.17, 15) is 18.0 Å². The molecule has 2 aromatic heterocycles. The molecule has 0 radical (unpaired) electrons. The molecule has 0 amide bonds. The zero-order chi connectivity index (χ0) is 18.9. The topological polar surface area (TPSA) is 81.2 Å². The summed E-state index contributed by atoms with van der Waals surface area (Å²) in [5.74, 6) is -0.476. The number of benzene rings is 1. The molecule has 6 nitrogen and oxygen atoms in total. The van der Waals surface area contributed by atoms with Gasteiger partial charge in [-0.15, -0.1) is 0 Å². The molecule has 3 rings (SSSR count). The average Bonchev–Trinajstić information content (AvgIpc) is 3.18. The molecule has 3 aromatic rings. The standard InChI is InChI=1S/C17H14F3N3O3/c1-10-21-8-9-23(10)16-22-15(13(26-16)6-7-14(24)25)11-4-2-3-5-12(11)17(18,19)20/h2-5,8-9H,6-7H2,1H3,(H,24,25). The third-order valence-electron chi connectivity index (χ3n) is 3.77. The summed E-state index contributed by atoms with van der Waals surface area (Å²) in [6.45, 7) is 1.68. The highest BCUT2D eigenvalue weighted by molar-refractivity contribution is 5.70. The molecule has 0 saturated carbocycles. The lowest BCUT2D eigenvalue weighted by Crippen LogP contribution is -2.08. The minimum Gasteiger partial charge on any atom is -0.481 e. The highest BCUT2D eigenvalue weighted by Gasteiger charge is 2.35. The molecule has 9 heteroatoms. The van der Waals surface area contributed by atoms with Crippen molar-refractivity contribution in [3.8, 4) is 17.3 Å². The molecular formula is C17H14F3N3O3. The lowest BCUT2D eigenvalue weighted by Gasteiger charge is -2.11. The van der Waals surface area contributed by atoms with Crippen LogP contribution in [0.4, 0.5) is 13.2 Å². The van der Waals surface area contributed by atoms with Crippen LogP contribution < -0.4 is 0 Å². The van der Waals surface area contributed by atoms with Crippen LogP contribution in [0.2, 0.25) is 0 Å².